The van der Waals surface area contributed by atoms with Crippen molar-refractivity contribution < 1.29 is 0 Å². The summed E-state index contributed by atoms with van der Waals surface area (Å²) in [5, 5.41) is 0. The normalized spacial score (nSPS) is 10.7. The van der Waals surface area contributed by atoms with E-state index in [1.165, 1.54) is 43.6 Å². The zero-order valence-electron chi connectivity index (χ0n) is 9.14. The molecule has 0 N–H and O–H groups in total. The number of aryl methyl sites for hydroxylation is 2. The van der Waals surface area contributed by atoms with Crippen LogP contribution in [0, 0.1) is 13.8 Å². The van der Waals surface area contributed by atoms with Gasteiger partial charge in [-0.15, -0.1) is 0 Å². The van der Waals surface area contributed by atoms with Crippen molar-refractivity contribution >= 4 is 0 Å². The van der Waals surface area contributed by atoms with E-state index in [2.05, 4.69) is 37.5 Å². The Morgan fingerprint density at radius 2 is 1.62 bits per heavy atom. The standard InChI is InChI=1S/C12H21N/c1-4-5-6-7-10-13-11(2)8-9-12(13)3/h8-9H,4-7,10H2,1-3H3. The van der Waals surface area contributed by atoms with Crippen molar-refractivity contribution in [3.63, 3.8) is 0 Å². The summed E-state index contributed by atoms with van der Waals surface area (Å²) < 4.78 is 2.41. The van der Waals surface area contributed by atoms with Crippen LogP contribution in [-0.2, 0) is 6.54 Å². The highest BCUT2D eigenvalue weighted by Gasteiger charge is 1.99. The first kappa shape index (κ1) is 10.4. The third kappa shape index (κ3) is 2.91. The molecular weight excluding hydrogens is 158 g/mol. The predicted molar refractivity (Wildman–Crippen MR) is 58.0 cm³/mol. The van der Waals surface area contributed by atoms with Crippen LogP contribution in [0.2, 0.25) is 0 Å². The van der Waals surface area contributed by atoms with Gasteiger partial charge in [0, 0.05) is 17.9 Å². The van der Waals surface area contributed by atoms with Gasteiger partial charge in [-0.1, -0.05) is 26.2 Å². The summed E-state index contributed by atoms with van der Waals surface area (Å²) in [5.41, 5.74) is 2.79. The lowest BCUT2D eigenvalue weighted by Gasteiger charge is -2.08. The molecule has 1 aromatic rings. The minimum absolute atomic E-state index is 1.20. The van der Waals surface area contributed by atoms with Crippen molar-refractivity contribution in [1.29, 1.82) is 0 Å². The molecule has 1 nitrogen and oxygen atoms in total. The molecule has 74 valence electrons. The average Bonchev–Trinajstić information content (AvgIpc) is 2.42. The van der Waals surface area contributed by atoms with Gasteiger partial charge >= 0.3 is 0 Å². The Bertz CT molecular complexity index is 228. The van der Waals surface area contributed by atoms with Gasteiger partial charge in [-0.05, 0) is 32.4 Å². The molecule has 1 heteroatoms. The van der Waals surface area contributed by atoms with Crippen LogP contribution in [0.15, 0.2) is 12.1 Å². The number of aromatic nitrogens is 1. The lowest BCUT2D eigenvalue weighted by atomic mass is 10.2. The van der Waals surface area contributed by atoms with Gasteiger partial charge < -0.3 is 4.57 Å². The summed E-state index contributed by atoms with van der Waals surface area (Å²) in [4.78, 5) is 0. The van der Waals surface area contributed by atoms with Crippen LogP contribution >= 0.6 is 0 Å². The van der Waals surface area contributed by atoms with Gasteiger partial charge in [0.05, 0.1) is 0 Å². The molecule has 0 aliphatic carbocycles. The molecule has 0 unspecified atom stereocenters. The van der Waals surface area contributed by atoms with E-state index < -0.39 is 0 Å². The van der Waals surface area contributed by atoms with Crippen LogP contribution < -0.4 is 0 Å². The molecule has 0 aliphatic heterocycles. The summed E-state index contributed by atoms with van der Waals surface area (Å²) in [6, 6.07) is 4.41. The fourth-order valence-electron chi connectivity index (χ4n) is 1.75. The lowest BCUT2D eigenvalue weighted by Crippen LogP contribution is -2.01. The Labute approximate surface area is 81.8 Å². The molecule has 0 fully saturated rings. The molecule has 0 aliphatic rings. The Balaban J connectivity index is 2.36. The third-order valence-electron chi connectivity index (χ3n) is 2.65. The topological polar surface area (TPSA) is 4.93 Å². The quantitative estimate of drug-likeness (QED) is 0.608. The molecule has 0 aromatic carbocycles. The summed E-state index contributed by atoms with van der Waals surface area (Å²) in [6.07, 6.45) is 5.39. The average molecular weight is 179 g/mol. The fraction of sp³-hybridized carbons (Fsp3) is 0.667. The predicted octanol–water partition coefficient (Wildman–Crippen LogP) is 3.69. The van der Waals surface area contributed by atoms with Gasteiger partial charge in [0.15, 0.2) is 0 Å². The maximum Gasteiger partial charge on any atom is 0.0224 e. The van der Waals surface area contributed by atoms with Crippen molar-refractivity contribution in [1.82, 2.24) is 4.57 Å². The van der Waals surface area contributed by atoms with Crippen LogP contribution in [0.1, 0.15) is 44.0 Å². The molecule has 0 bridgehead atoms. The Morgan fingerprint density at radius 3 is 2.15 bits per heavy atom. The van der Waals surface area contributed by atoms with Gasteiger partial charge in [0.1, 0.15) is 0 Å². The van der Waals surface area contributed by atoms with Gasteiger partial charge in [0.25, 0.3) is 0 Å². The van der Waals surface area contributed by atoms with Crippen LogP contribution in [0.4, 0.5) is 0 Å². The molecule has 1 aromatic heterocycles. The first-order valence-electron chi connectivity index (χ1n) is 5.38. The fourth-order valence-corrected chi connectivity index (χ4v) is 1.75. The van der Waals surface area contributed by atoms with E-state index in [0.29, 0.717) is 0 Å². The van der Waals surface area contributed by atoms with Gasteiger partial charge in [-0.3, -0.25) is 0 Å². The summed E-state index contributed by atoms with van der Waals surface area (Å²) in [7, 11) is 0. The molecule has 0 saturated carbocycles. The highest BCUT2D eigenvalue weighted by Crippen LogP contribution is 2.09. The maximum absolute atomic E-state index is 2.41. The first-order chi connectivity index (χ1) is 6.25. The molecular formula is C12H21N. The summed E-state index contributed by atoms with van der Waals surface area (Å²) in [5.74, 6) is 0. The Morgan fingerprint density at radius 1 is 1.00 bits per heavy atom. The zero-order valence-corrected chi connectivity index (χ0v) is 9.14. The van der Waals surface area contributed by atoms with Gasteiger partial charge in [0.2, 0.25) is 0 Å². The van der Waals surface area contributed by atoms with Crippen LogP contribution in [-0.4, -0.2) is 4.57 Å². The first-order valence-corrected chi connectivity index (χ1v) is 5.38. The number of hydrogen-bond acceptors (Lipinski definition) is 0. The van der Waals surface area contributed by atoms with E-state index in [-0.39, 0.29) is 0 Å². The second-order valence-corrected chi connectivity index (χ2v) is 3.83. The molecule has 0 amide bonds. The number of hydrogen-bond donors (Lipinski definition) is 0. The highest BCUT2D eigenvalue weighted by molar-refractivity contribution is 5.13. The number of nitrogens with zero attached hydrogens (tertiary/aromatic N) is 1. The second-order valence-electron chi connectivity index (χ2n) is 3.83. The molecule has 0 radical (unpaired) electrons. The summed E-state index contributed by atoms with van der Waals surface area (Å²) >= 11 is 0. The number of rotatable bonds is 5. The molecule has 0 spiro atoms. The van der Waals surface area contributed by atoms with E-state index in [9.17, 15) is 0 Å². The van der Waals surface area contributed by atoms with E-state index >= 15 is 0 Å². The van der Waals surface area contributed by atoms with Gasteiger partial charge in [-0.25, -0.2) is 0 Å². The monoisotopic (exact) mass is 179 g/mol. The van der Waals surface area contributed by atoms with Crippen molar-refractivity contribution in [3.8, 4) is 0 Å². The summed E-state index contributed by atoms with van der Waals surface area (Å²) in [6.45, 7) is 7.83. The van der Waals surface area contributed by atoms with Crippen molar-refractivity contribution in [3.05, 3.63) is 23.5 Å². The van der Waals surface area contributed by atoms with Crippen molar-refractivity contribution in [2.75, 3.05) is 0 Å². The molecule has 0 saturated heterocycles. The highest BCUT2D eigenvalue weighted by atomic mass is 15.0. The van der Waals surface area contributed by atoms with Crippen LogP contribution in [0.3, 0.4) is 0 Å². The minimum atomic E-state index is 1.20. The Hall–Kier alpha value is -0.720. The smallest absolute Gasteiger partial charge is 0.0224 e. The SMILES string of the molecule is CCCCCCn1c(C)ccc1C. The number of unbranched alkanes of at least 4 members (excludes halogenated alkanes) is 3. The van der Waals surface area contributed by atoms with Crippen molar-refractivity contribution in [2.45, 2.75) is 53.0 Å². The van der Waals surface area contributed by atoms with E-state index in [1.807, 2.05) is 0 Å². The van der Waals surface area contributed by atoms with Gasteiger partial charge in [-0.2, -0.15) is 0 Å². The third-order valence-corrected chi connectivity index (χ3v) is 2.65. The van der Waals surface area contributed by atoms with Crippen LogP contribution in [0.5, 0.6) is 0 Å². The molecule has 1 heterocycles. The molecule has 0 atom stereocenters. The van der Waals surface area contributed by atoms with Crippen LogP contribution in [0.25, 0.3) is 0 Å². The molecule has 1 rings (SSSR count). The Kier molecular flexibility index (Phi) is 4.07. The largest absolute Gasteiger partial charge is 0.349 e. The second kappa shape index (κ2) is 5.11. The maximum atomic E-state index is 2.41. The van der Waals surface area contributed by atoms with E-state index in [4.69, 9.17) is 0 Å². The zero-order chi connectivity index (χ0) is 9.68. The lowest BCUT2D eigenvalue weighted by molar-refractivity contribution is 0.568. The van der Waals surface area contributed by atoms with E-state index in [0.717, 1.165) is 0 Å². The minimum Gasteiger partial charge on any atom is -0.349 e. The van der Waals surface area contributed by atoms with Crippen molar-refractivity contribution in [2.24, 2.45) is 0 Å². The molecule has 13 heavy (non-hydrogen) atoms. The van der Waals surface area contributed by atoms with E-state index in [1.54, 1.807) is 0 Å².